The molecule has 2 aliphatic rings. The van der Waals surface area contributed by atoms with Crippen LogP contribution in [0, 0.1) is 5.92 Å². The molecule has 2 aromatic heterocycles. The van der Waals surface area contributed by atoms with Gasteiger partial charge in [0.05, 0.1) is 30.7 Å². The highest BCUT2D eigenvalue weighted by molar-refractivity contribution is 7.12. The number of carbonyl (C=O) groups excluding carboxylic acids is 3. The van der Waals surface area contributed by atoms with Crippen molar-refractivity contribution < 1.29 is 24.0 Å². The van der Waals surface area contributed by atoms with E-state index in [0.717, 1.165) is 44.1 Å². The molecular weight excluding hydrogens is 396 g/mol. The molecule has 148 valence electrons. The van der Waals surface area contributed by atoms with Gasteiger partial charge in [-0.1, -0.05) is 12.1 Å². The van der Waals surface area contributed by atoms with E-state index in [1.807, 2.05) is 22.9 Å². The Hall–Kier alpha value is -1.87. The van der Waals surface area contributed by atoms with Crippen molar-refractivity contribution in [2.24, 2.45) is 5.92 Å². The molecule has 2 saturated heterocycles. The van der Waals surface area contributed by atoms with E-state index in [0.29, 0.717) is 11.4 Å². The summed E-state index contributed by atoms with van der Waals surface area (Å²) in [6.07, 6.45) is 0.802. The molecule has 2 aliphatic heterocycles. The maximum absolute atomic E-state index is 13.0. The number of hydrogen-bond acceptors (Lipinski definition) is 6. The van der Waals surface area contributed by atoms with Crippen molar-refractivity contribution >= 4 is 40.1 Å². The lowest BCUT2D eigenvalue weighted by Gasteiger charge is -2.27. The number of thiophene rings is 2. The van der Waals surface area contributed by atoms with Gasteiger partial charge in [0, 0.05) is 17.8 Å². The van der Waals surface area contributed by atoms with Crippen LogP contribution in [0.15, 0.2) is 35.0 Å². The molecule has 8 heteroatoms. The Balaban J connectivity index is 1.53. The summed E-state index contributed by atoms with van der Waals surface area (Å²) < 4.78 is 5.39. The second-order valence-corrected chi connectivity index (χ2v) is 9.04. The van der Waals surface area contributed by atoms with Crippen LogP contribution in [0.1, 0.15) is 27.0 Å². The highest BCUT2D eigenvalue weighted by Gasteiger charge is 2.52. The Kier molecular flexibility index (Phi) is 6.01. The minimum absolute atomic E-state index is 0.243. The molecule has 4 rings (SSSR count). The monoisotopic (exact) mass is 419 g/mol. The van der Waals surface area contributed by atoms with Gasteiger partial charge in [-0.05, 0) is 22.9 Å². The summed E-state index contributed by atoms with van der Waals surface area (Å²) in [6.45, 7) is 4.91. The van der Waals surface area contributed by atoms with E-state index in [-0.39, 0.29) is 5.78 Å². The third-order valence-electron chi connectivity index (χ3n) is 5.42. The number of nitrogens with zero attached hydrogens (tertiary/aromatic N) is 1. The fourth-order valence-electron chi connectivity index (χ4n) is 3.99. The lowest BCUT2D eigenvalue weighted by molar-refractivity contribution is -0.908. The van der Waals surface area contributed by atoms with Gasteiger partial charge in [0.1, 0.15) is 19.0 Å². The Morgan fingerprint density at radius 3 is 2.57 bits per heavy atom. The maximum Gasteiger partial charge on any atom is 0.291 e. The van der Waals surface area contributed by atoms with E-state index in [4.69, 9.17) is 4.74 Å². The van der Waals surface area contributed by atoms with Crippen LogP contribution in [0.5, 0.6) is 0 Å². The topological polar surface area (TPSA) is 68.1 Å². The van der Waals surface area contributed by atoms with Gasteiger partial charge in [0.15, 0.2) is 5.78 Å². The lowest BCUT2D eigenvalue weighted by Crippen LogP contribution is -3.14. The summed E-state index contributed by atoms with van der Waals surface area (Å²) in [5.41, 5.74) is 0. The number of nitrogens with one attached hydrogen (secondary N) is 1. The van der Waals surface area contributed by atoms with Crippen molar-refractivity contribution in [3.8, 4) is 0 Å². The number of hydrogen-bond donors (Lipinski definition) is 1. The molecule has 4 heterocycles. The first kappa shape index (κ1) is 19.4. The van der Waals surface area contributed by atoms with Crippen LogP contribution in [-0.4, -0.2) is 61.8 Å². The fourth-order valence-corrected chi connectivity index (χ4v) is 5.56. The molecule has 1 N–H and O–H groups in total. The van der Waals surface area contributed by atoms with Crippen LogP contribution in [0.25, 0.3) is 0 Å². The second-order valence-electron chi connectivity index (χ2n) is 7.11. The summed E-state index contributed by atoms with van der Waals surface area (Å²) in [6, 6.07) is 6.84. The molecule has 1 amide bonds. The number of quaternary nitrogens is 1. The molecule has 6 nitrogen and oxygen atoms in total. The molecule has 2 atom stereocenters. The van der Waals surface area contributed by atoms with Gasteiger partial charge in [-0.15, -0.1) is 22.7 Å². The van der Waals surface area contributed by atoms with Gasteiger partial charge >= 0.3 is 0 Å². The number of morpholine rings is 1. The molecular formula is C20H23N2O4S2+. The predicted molar refractivity (Wildman–Crippen MR) is 107 cm³/mol. The van der Waals surface area contributed by atoms with Gasteiger partial charge in [0.2, 0.25) is 5.78 Å². The molecule has 2 aromatic rings. The summed E-state index contributed by atoms with van der Waals surface area (Å²) in [7, 11) is 0. The minimum Gasteiger partial charge on any atom is -0.370 e. The van der Waals surface area contributed by atoms with E-state index in [1.165, 1.54) is 27.6 Å². The van der Waals surface area contributed by atoms with Crippen LogP contribution in [0.2, 0.25) is 0 Å². The third kappa shape index (κ3) is 3.82. The molecule has 28 heavy (non-hydrogen) atoms. The average molecular weight is 420 g/mol. The van der Waals surface area contributed by atoms with Crippen LogP contribution in [0.3, 0.4) is 0 Å². The van der Waals surface area contributed by atoms with Crippen molar-refractivity contribution in [1.29, 1.82) is 0 Å². The smallest absolute Gasteiger partial charge is 0.291 e. The van der Waals surface area contributed by atoms with Crippen molar-refractivity contribution in [3.05, 3.63) is 44.8 Å². The van der Waals surface area contributed by atoms with Crippen molar-refractivity contribution in [2.45, 2.75) is 12.5 Å². The van der Waals surface area contributed by atoms with Crippen LogP contribution < -0.4 is 4.90 Å². The average Bonchev–Trinajstić information content (AvgIpc) is 3.46. The molecule has 2 unspecified atom stereocenters. The molecule has 0 spiro atoms. The number of likely N-dealkylation sites (tertiary alicyclic amines) is 1. The number of rotatable bonds is 7. The van der Waals surface area contributed by atoms with Crippen LogP contribution in [0.4, 0.5) is 0 Å². The lowest BCUT2D eigenvalue weighted by atomic mass is 9.92. The van der Waals surface area contributed by atoms with Crippen LogP contribution >= 0.6 is 22.7 Å². The van der Waals surface area contributed by atoms with E-state index in [9.17, 15) is 14.4 Å². The molecule has 0 radical (unpaired) electrons. The zero-order chi connectivity index (χ0) is 19.5. The SMILES string of the molecule is O=C1C(=O)N(CCC[NH+]2CCOCC2)C(c2cccs2)C1C(=O)c1cccs1. The zero-order valence-electron chi connectivity index (χ0n) is 15.5. The molecule has 2 fully saturated rings. The standard InChI is InChI=1S/C20H22N2O4S2/c23-18(15-5-2-13-28-15)16-17(14-4-1-12-27-14)22(20(25)19(16)24)7-3-6-21-8-10-26-11-9-21/h1-2,4-5,12-13,16-17H,3,6-11H2/p+1. The van der Waals surface area contributed by atoms with Gasteiger partial charge in [-0.25, -0.2) is 0 Å². The highest BCUT2D eigenvalue weighted by Crippen LogP contribution is 2.40. The van der Waals surface area contributed by atoms with E-state index in [2.05, 4.69) is 0 Å². The number of ether oxygens (including phenoxy) is 1. The highest BCUT2D eigenvalue weighted by atomic mass is 32.1. The second kappa shape index (κ2) is 8.65. The number of ketones is 2. The van der Waals surface area contributed by atoms with E-state index in [1.54, 1.807) is 17.0 Å². The quantitative estimate of drug-likeness (QED) is 0.414. The van der Waals surface area contributed by atoms with Gasteiger partial charge < -0.3 is 14.5 Å². The molecule has 0 bridgehead atoms. The number of amides is 1. The van der Waals surface area contributed by atoms with E-state index >= 15 is 0 Å². The third-order valence-corrected chi connectivity index (χ3v) is 7.24. The number of Topliss-reactive ketones (excluding diaryl/α,β-unsaturated/α-hetero) is 2. The summed E-state index contributed by atoms with van der Waals surface area (Å²) in [5.74, 6) is -2.28. The molecule has 0 saturated carbocycles. The summed E-state index contributed by atoms with van der Waals surface area (Å²) in [5, 5.41) is 3.74. The van der Waals surface area contributed by atoms with Crippen molar-refractivity contribution in [1.82, 2.24) is 4.90 Å². The normalized spacial score (nSPS) is 23.5. The number of carbonyl (C=O) groups is 3. The summed E-state index contributed by atoms with van der Waals surface area (Å²) >= 11 is 2.81. The molecule has 0 aliphatic carbocycles. The fraction of sp³-hybridized carbons (Fsp3) is 0.450. The molecule has 0 aromatic carbocycles. The van der Waals surface area contributed by atoms with Crippen LogP contribution in [-0.2, 0) is 14.3 Å². The van der Waals surface area contributed by atoms with Crippen molar-refractivity contribution in [3.63, 3.8) is 0 Å². The maximum atomic E-state index is 13.0. The van der Waals surface area contributed by atoms with Gasteiger partial charge in [-0.3, -0.25) is 14.4 Å². The van der Waals surface area contributed by atoms with Gasteiger partial charge in [0.25, 0.3) is 5.91 Å². The zero-order valence-corrected chi connectivity index (χ0v) is 17.1. The van der Waals surface area contributed by atoms with E-state index < -0.39 is 23.7 Å². The van der Waals surface area contributed by atoms with Gasteiger partial charge in [-0.2, -0.15) is 0 Å². The largest absolute Gasteiger partial charge is 0.370 e. The Morgan fingerprint density at radius 1 is 1.14 bits per heavy atom. The predicted octanol–water partition coefficient (Wildman–Crippen LogP) is 1.07. The first-order valence-corrected chi connectivity index (χ1v) is 11.3. The Labute approximate surface area is 171 Å². The Morgan fingerprint density at radius 2 is 1.89 bits per heavy atom. The first-order chi connectivity index (χ1) is 13.7. The van der Waals surface area contributed by atoms with Crippen molar-refractivity contribution in [2.75, 3.05) is 39.4 Å². The Bertz CT molecular complexity index is 829. The first-order valence-electron chi connectivity index (χ1n) is 9.54. The summed E-state index contributed by atoms with van der Waals surface area (Å²) in [4.78, 5) is 43.1. The minimum atomic E-state index is -0.944.